The Bertz CT molecular complexity index is 266. The SMILES string of the molecule is CC(C)CN[C@@H](C)c1ccc(I)cc1. The maximum absolute atomic E-state index is 3.52. The normalized spacial score (nSPS) is 13.2. The predicted molar refractivity (Wildman–Crippen MR) is 70.4 cm³/mol. The summed E-state index contributed by atoms with van der Waals surface area (Å²) in [6.45, 7) is 7.75. The molecule has 0 aliphatic rings. The van der Waals surface area contributed by atoms with Crippen LogP contribution in [0.1, 0.15) is 32.4 Å². The third-order valence-corrected chi connectivity index (χ3v) is 2.92. The maximum atomic E-state index is 3.52. The summed E-state index contributed by atoms with van der Waals surface area (Å²) in [6, 6.07) is 9.15. The van der Waals surface area contributed by atoms with Gasteiger partial charge in [0.1, 0.15) is 0 Å². The fourth-order valence-corrected chi connectivity index (χ4v) is 1.64. The molecule has 0 spiro atoms. The molecule has 0 fully saturated rings. The second-order valence-corrected chi connectivity index (χ2v) is 5.32. The van der Waals surface area contributed by atoms with Gasteiger partial charge in [-0.15, -0.1) is 0 Å². The molecule has 0 saturated heterocycles. The van der Waals surface area contributed by atoms with Crippen molar-refractivity contribution >= 4 is 22.6 Å². The van der Waals surface area contributed by atoms with Crippen LogP contribution in [0.15, 0.2) is 24.3 Å². The zero-order valence-corrected chi connectivity index (χ0v) is 11.2. The number of nitrogens with one attached hydrogen (secondary N) is 1. The van der Waals surface area contributed by atoms with E-state index in [4.69, 9.17) is 0 Å². The summed E-state index contributed by atoms with van der Waals surface area (Å²) in [4.78, 5) is 0. The van der Waals surface area contributed by atoms with Gasteiger partial charge in [-0.2, -0.15) is 0 Å². The molecule has 78 valence electrons. The van der Waals surface area contributed by atoms with Gasteiger partial charge < -0.3 is 5.32 Å². The van der Waals surface area contributed by atoms with Gasteiger partial charge in [-0.1, -0.05) is 26.0 Å². The molecule has 0 saturated carbocycles. The molecule has 0 radical (unpaired) electrons. The molecule has 0 heterocycles. The van der Waals surface area contributed by atoms with Crippen molar-refractivity contribution in [3.63, 3.8) is 0 Å². The first-order chi connectivity index (χ1) is 6.59. The van der Waals surface area contributed by atoms with Crippen LogP contribution in [-0.2, 0) is 0 Å². The van der Waals surface area contributed by atoms with Gasteiger partial charge in [-0.05, 0) is 59.7 Å². The summed E-state index contributed by atoms with van der Waals surface area (Å²) in [7, 11) is 0. The fourth-order valence-electron chi connectivity index (χ4n) is 1.28. The van der Waals surface area contributed by atoms with Crippen molar-refractivity contribution in [3.05, 3.63) is 33.4 Å². The molecule has 0 amide bonds. The van der Waals surface area contributed by atoms with Crippen molar-refractivity contribution in [1.29, 1.82) is 0 Å². The van der Waals surface area contributed by atoms with Crippen molar-refractivity contribution in [1.82, 2.24) is 5.32 Å². The van der Waals surface area contributed by atoms with E-state index < -0.39 is 0 Å². The molecule has 1 aromatic rings. The van der Waals surface area contributed by atoms with Crippen LogP contribution in [0.2, 0.25) is 0 Å². The van der Waals surface area contributed by atoms with Crippen molar-refractivity contribution in [2.75, 3.05) is 6.54 Å². The summed E-state index contributed by atoms with van der Waals surface area (Å²) in [6.07, 6.45) is 0. The second kappa shape index (κ2) is 5.71. The highest BCUT2D eigenvalue weighted by molar-refractivity contribution is 14.1. The average Bonchev–Trinajstić information content (AvgIpc) is 2.15. The smallest absolute Gasteiger partial charge is 0.0291 e. The van der Waals surface area contributed by atoms with E-state index in [1.54, 1.807) is 0 Å². The Balaban J connectivity index is 2.52. The topological polar surface area (TPSA) is 12.0 Å². The molecule has 0 unspecified atom stereocenters. The molecule has 1 N–H and O–H groups in total. The minimum absolute atomic E-state index is 0.453. The lowest BCUT2D eigenvalue weighted by Gasteiger charge is -2.15. The summed E-state index contributed by atoms with van der Waals surface area (Å²) < 4.78 is 1.29. The molecule has 0 aromatic heterocycles. The number of benzene rings is 1. The van der Waals surface area contributed by atoms with Gasteiger partial charge >= 0.3 is 0 Å². The van der Waals surface area contributed by atoms with Gasteiger partial charge in [0, 0.05) is 9.61 Å². The number of hydrogen-bond donors (Lipinski definition) is 1. The quantitative estimate of drug-likeness (QED) is 0.838. The third kappa shape index (κ3) is 3.96. The average molecular weight is 303 g/mol. The third-order valence-electron chi connectivity index (χ3n) is 2.20. The van der Waals surface area contributed by atoms with Gasteiger partial charge in [0.25, 0.3) is 0 Å². The van der Waals surface area contributed by atoms with Crippen LogP contribution < -0.4 is 5.32 Å². The maximum Gasteiger partial charge on any atom is 0.0291 e. The predicted octanol–water partition coefficient (Wildman–Crippen LogP) is 3.60. The lowest BCUT2D eigenvalue weighted by molar-refractivity contribution is 0.496. The Kier molecular flexibility index (Phi) is 4.89. The molecule has 0 bridgehead atoms. The van der Waals surface area contributed by atoms with E-state index in [2.05, 4.69) is 72.9 Å². The van der Waals surface area contributed by atoms with E-state index in [1.165, 1.54) is 9.13 Å². The molecule has 1 atom stereocenters. The minimum Gasteiger partial charge on any atom is -0.310 e. The molecular weight excluding hydrogens is 285 g/mol. The van der Waals surface area contributed by atoms with Crippen LogP contribution in [0.3, 0.4) is 0 Å². The van der Waals surface area contributed by atoms with E-state index >= 15 is 0 Å². The molecule has 2 heteroatoms. The van der Waals surface area contributed by atoms with Gasteiger partial charge in [-0.25, -0.2) is 0 Å². The van der Waals surface area contributed by atoms with E-state index in [-0.39, 0.29) is 0 Å². The highest BCUT2D eigenvalue weighted by atomic mass is 127. The van der Waals surface area contributed by atoms with Crippen LogP contribution >= 0.6 is 22.6 Å². The zero-order valence-electron chi connectivity index (χ0n) is 9.05. The van der Waals surface area contributed by atoms with E-state index in [0.29, 0.717) is 12.0 Å². The number of halogens is 1. The molecule has 0 aliphatic carbocycles. The van der Waals surface area contributed by atoms with Crippen molar-refractivity contribution in [2.45, 2.75) is 26.8 Å². The van der Waals surface area contributed by atoms with Crippen LogP contribution in [0.25, 0.3) is 0 Å². The Labute approximate surface area is 100 Å². The van der Waals surface area contributed by atoms with Crippen molar-refractivity contribution in [3.8, 4) is 0 Å². The van der Waals surface area contributed by atoms with Crippen LogP contribution in [0.4, 0.5) is 0 Å². The Morgan fingerprint density at radius 1 is 1.14 bits per heavy atom. The van der Waals surface area contributed by atoms with Gasteiger partial charge in [0.2, 0.25) is 0 Å². The van der Waals surface area contributed by atoms with Crippen LogP contribution in [0.5, 0.6) is 0 Å². The Hall–Kier alpha value is -0.0900. The molecule has 14 heavy (non-hydrogen) atoms. The Morgan fingerprint density at radius 2 is 1.71 bits per heavy atom. The van der Waals surface area contributed by atoms with E-state index in [9.17, 15) is 0 Å². The fraction of sp³-hybridized carbons (Fsp3) is 0.500. The first kappa shape index (κ1) is 12.0. The van der Waals surface area contributed by atoms with Crippen LogP contribution in [-0.4, -0.2) is 6.54 Å². The summed E-state index contributed by atoms with van der Waals surface area (Å²) in [5, 5.41) is 3.52. The lowest BCUT2D eigenvalue weighted by Crippen LogP contribution is -2.23. The van der Waals surface area contributed by atoms with Gasteiger partial charge in [0.05, 0.1) is 0 Å². The molecule has 1 rings (SSSR count). The first-order valence-corrected chi connectivity index (χ1v) is 6.16. The molecule has 1 nitrogen and oxygen atoms in total. The lowest BCUT2D eigenvalue weighted by atomic mass is 10.1. The van der Waals surface area contributed by atoms with E-state index in [1.807, 2.05) is 0 Å². The summed E-state index contributed by atoms with van der Waals surface area (Å²) in [5.74, 6) is 0.710. The van der Waals surface area contributed by atoms with Crippen molar-refractivity contribution in [2.24, 2.45) is 5.92 Å². The monoisotopic (exact) mass is 303 g/mol. The molecular formula is C12H18IN. The minimum atomic E-state index is 0.453. The van der Waals surface area contributed by atoms with Crippen LogP contribution in [0, 0.1) is 9.49 Å². The second-order valence-electron chi connectivity index (χ2n) is 4.08. The highest BCUT2D eigenvalue weighted by Crippen LogP contribution is 2.14. The zero-order chi connectivity index (χ0) is 10.6. The number of rotatable bonds is 4. The Morgan fingerprint density at radius 3 is 2.21 bits per heavy atom. The molecule has 1 aromatic carbocycles. The largest absolute Gasteiger partial charge is 0.310 e. The van der Waals surface area contributed by atoms with Gasteiger partial charge in [-0.3, -0.25) is 0 Å². The highest BCUT2D eigenvalue weighted by Gasteiger charge is 2.04. The first-order valence-electron chi connectivity index (χ1n) is 5.08. The van der Waals surface area contributed by atoms with Crippen molar-refractivity contribution < 1.29 is 0 Å². The summed E-state index contributed by atoms with van der Waals surface area (Å²) >= 11 is 2.33. The standard InChI is InChI=1S/C12H18IN/c1-9(2)8-14-10(3)11-4-6-12(13)7-5-11/h4-7,9-10,14H,8H2,1-3H3/t10-/m0/s1. The molecule has 0 aliphatic heterocycles. The number of hydrogen-bond acceptors (Lipinski definition) is 1. The van der Waals surface area contributed by atoms with E-state index in [0.717, 1.165) is 6.54 Å². The summed E-state index contributed by atoms with van der Waals surface area (Å²) in [5.41, 5.74) is 1.37. The van der Waals surface area contributed by atoms with Gasteiger partial charge in [0.15, 0.2) is 0 Å².